The Morgan fingerprint density at radius 1 is 0.333 bits per heavy atom. The van der Waals surface area contributed by atoms with E-state index in [9.17, 15) is 0 Å². The summed E-state index contributed by atoms with van der Waals surface area (Å²) < 4.78 is 0. The molecule has 4 heterocycles. The van der Waals surface area contributed by atoms with Crippen molar-refractivity contribution in [3.63, 3.8) is 0 Å². The van der Waals surface area contributed by atoms with Crippen molar-refractivity contribution in [1.29, 1.82) is 0 Å². The van der Waals surface area contributed by atoms with E-state index in [0.717, 1.165) is 33.4 Å². The van der Waals surface area contributed by atoms with Crippen molar-refractivity contribution < 1.29 is 0 Å². The van der Waals surface area contributed by atoms with Gasteiger partial charge in [-0.15, -0.1) is 0 Å². The molecule has 0 radical (unpaired) electrons. The topological polar surface area (TPSA) is 77.3 Å². The van der Waals surface area contributed by atoms with E-state index in [1.165, 1.54) is 0 Å². The normalized spacial score (nSPS) is 10.7. The Kier molecular flexibility index (Phi) is 4.72. The largest absolute Gasteiger partial charge is 0.265 e. The molecule has 0 saturated heterocycles. The van der Waals surface area contributed by atoms with Crippen LogP contribution in [0.5, 0.6) is 0 Å². The minimum Gasteiger partial charge on any atom is -0.265 e. The molecule has 0 saturated carbocycles. The zero-order valence-corrected chi connectivity index (χ0v) is 15.9. The average Bonchev–Trinajstić information content (AvgIpc) is 2.85. The standard InChI is InChI=1S/C24H16N6/c1-2-18(22-15-29-24(30-16-22)20-7-11-26-12-8-20)4-3-17(1)21-13-27-23(28-14-21)19-5-9-25-10-6-19/h1-16H. The SMILES string of the molecule is c1cc(-c2ncc(-c3ccc(-c4cnc(-c5ccncc5)nc4)cc3)cn2)ccn1. The van der Waals surface area contributed by atoms with Gasteiger partial charge in [0.15, 0.2) is 11.6 Å². The van der Waals surface area contributed by atoms with Gasteiger partial charge in [-0.25, -0.2) is 19.9 Å². The molecular weight excluding hydrogens is 372 g/mol. The molecule has 6 heteroatoms. The molecule has 6 nitrogen and oxygen atoms in total. The van der Waals surface area contributed by atoms with Gasteiger partial charge in [-0.1, -0.05) is 24.3 Å². The van der Waals surface area contributed by atoms with Crippen LogP contribution in [0.3, 0.4) is 0 Å². The lowest BCUT2D eigenvalue weighted by Crippen LogP contribution is -1.91. The van der Waals surface area contributed by atoms with Crippen molar-refractivity contribution in [1.82, 2.24) is 29.9 Å². The highest BCUT2D eigenvalue weighted by Crippen LogP contribution is 2.25. The van der Waals surface area contributed by atoms with Gasteiger partial charge in [-0.2, -0.15) is 0 Å². The molecule has 0 atom stereocenters. The van der Waals surface area contributed by atoms with Crippen molar-refractivity contribution in [3.8, 4) is 45.0 Å². The van der Waals surface area contributed by atoms with Crippen molar-refractivity contribution in [2.24, 2.45) is 0 Å². The van der Waals surface area contributed by atoms with Gasteiger partial charge in [0.1, 0.15) is 0 Å². The van der Waals surface area contributed by atoms with E-state index in [-0.39, 0.29) is 0 Å². The molecule has 0 unspecified atom stereocenters. The highest BCUT2D eigenvalue weighted by molar-refractivity contribution is 5.70. The first-order valence-electron chi connectivity index (χ1n) is 9.42. The molecule has 0 bridgehead atoms. The molecule has 5 aromatic rings. The second-order valence-electron chi connectivity index (χ2n) is 6.64. The average molecular weight is 388 g/mol. The van der Waals surface area contributed by atoms with Gasteiger partial charge in [-0.05, 0) is 35.4 Å². The molecule has 0 aliphatic rings. The molecule has 0 fully saturated rings. The zero-order valence-electron chi connectivity index (χ0n) is 15.9. The number of rotatable bonds is 4. The molecule has 0 aliphatic carbocycles. The third kappa shape index (κ3) is 3.66. The second kappa shape index (κ2) is 7.97. The van der Waals surface area contributed by atoms with Crippen LogP contribution in [0.1, 0.15) is 0 Å². The minimum atomic E-state index is 0.684. The summed E-state index contributed by atoms with van der Waals surface area (Å²) in [6.45, 7) is 0. The Labute approximate surface area is 173 Å². The van der Waals surface area contributed by atoms with Crippen molar-refractivity contribution in [2.45, 2.75) is 0 Å². The molecule has 142 valence electrons. The van der Waals surface area contributed by atoms with Gasteiger partial charge in [0.25, 0.3) is 0 Å². The van der Waals surface area contributed by atoms with Gasteiger partial charge in [-0.3, -0.25) is 9.97 Å². The van der Waals surface area contributed by atoms with E-state index in [0.29, 0.717) is 11.6 Å². The first-order valence-corrected chi connectivity index (χ1v) is 9.42. The third-order valence-electron chi connectivity index (χ3n) is 4.73. The number of aromatic nitrogens is 6. The Bertz CT molecular complexity index is 1140. The second-order valence-corrected chi connectivity index (χ2v) is 6.64. The summed E-state index contributed by atoms with van der Waals surface area (Å²) in [6, 6.07) is 15.8. The molecule has 4 aromatic heterocycles. The van der Waals surface area contributed by atoms with E-state index in [4.69, 9.17) is 0 Å². The fraction of sp³-hybridized carbons (Fsp3) is 0. The maximum Gasteiger partial charge on any atom is 0.159 e. The summed E-state index contributed by atoms with van der Waals surface area (Å²) in [7, 11) is 0. The fourth-order valence-corrected chi connectivity index (χ4v) is 3.11. The number of hydrogen-bond acceptors (Lipinski definition) is 6. The molecule has 1 aromatic carbocycles. The predicted octanol–water partition coefficient (Wildman–Crippen LogP) is 4.72. The highest BCUT2D eigenvalue weighted by atomic mass is 14.9. The van der Waals surface area contributed by atoms with Crippen LogP contribution >= 0.6 is 0 Å². The van der Waals surface area contributed by atoms with Crippen LogP contribution in [0.4, 0.5) is 0 Å². The maximum atomic E-state index is 4.48. The van der Waals surface area contributed by atoms with E-state index < -0.39 is 0 Å². The van der Waals surface area contributed by atoms with Gasteiger partial charge >= 0.3 is 0 Å². The van der Waals surface area contributed by atoms with Crippen LogP contribution in [-0.2, 0) is 0 Å². The quantitative estimate of drug-likeness (QED) is 0.443. The molecule has 0 amide bonds. The van der Waals surface area contributed by atoms with Crippen LogP contribution in [0.2, 0.25) is 0 Å². The lowest BCUT2D eigenvalue weighted by Gasteiger charge is -2.06. The first-order chi connectivity index (χ1) is 14.9. The Balaban J connectivity index is 1.35. The fourth-order valence-electron chi connectivity index (χ4n) is 3.11. The van der Waals surface area contributed by atoms with E-state index in [1.807, 2.05) is 49.1 Å². The van der Waals surface area contributed by atoms with E-state index in [1.54, 1.807) is 24.8 Å². The van der Waals surface area contributed by atoms with E-state index >= 15 is 0 Å². The molecule has 5 rings (SSSR count). The molecule has 0 N–H and O–H groups in total. The minimum absolute atomic E-state index is 0.684. The maximum absolute atomic E-state index is 4.48. The Hall–Kier alpha value is -4.32. The molecule has 30 heavy (non-hydrogen) atoms. The lowest BCUT2D eigenvalue weighted by atomic mass is 10.0. The molecule has 0 aliphatic heterocycles. The molecular formula is C24H16N6. The van der Waals surface area contributed by atoms with Gasteiger partial charge in [0.2, 0.25) is 0 Å². The number of pyridine rings is 2. The number of hydrogen-bond donors (Lipinski definition) is 0. The summed E-state index contributed by atoms with van der Waals surface area (Å²) in [6.07, 6.45) is 14.3. The van der Waals surface area contributed by atoms with Crippen LogP contribution in [0.25, 0.3) is 45.0 Å². The Morgan fingerprint density at radius 2 is 0.667 bits per heavy atom. The predicted molar refractivity (Wildman–Crippen MR) is 115 cm³/mol. The van der Waals surface area contributed by atoms with Gasteiger partial charge in [0, 0.05) is 71.8 Å². The summed E-state index contributed by atoms with van der Waals surface area (Å²) in [4.78, 5) is 26.0. The summed E-state index contributed by atoms with van der Waals surface area (Å²) >= 11 is 0. The van der Waals surface area contributed by atoms with Crippen molar-refractivity contribution >= 4 is 0 Å². The van der Waals surface area contributed by atoms with Crippen LogP contribution in [0, 0.1) is 0 Å². The first kappa shape index (κ1) is 17.8. The third-order valence-corrected chi connectivity index (χ3v) is 4.73. The Morgan fingerprint density at radius 3 is 1.00 bits per heavy atom. The zero-order chi connectivity index (χ0) is 20.2. The van der Waals surface area contributed by atoms with Crippen LogP contribution < -0.4 is 0 Å². The monoisotopic (exact) mass is 388 g/mol. The van der Waals surface area contributed by atoms with Gasteiger partial charge in [0.05, 0.1) is 0 Å². The van der Waals surface area contributed by atoms with E-state index in [2.05, 4.69) is 54.2 Å². The van der Waals surface area contributed by atoms with Gasteiger partial charge < -0.3 is 0 Å². The van der Waals surface area contributed by atoms with Crippen LogP contribution in [-0.4, -0.2) is 29.9 Å². The van der Waals surface area contributed by atoms with Crippen molar-refractivity contribution in [2.75, 3.05) is 0 Å². The van der Waals surface area contributed by atoms with Crippen molar-refractivity contribution in [3.05, 3.63) is 98.1 Å². The van der Waals surface area contributed by atoms with Crippen LogP contribution in [0.15, 0.2) is 98.1 Å². The summed E-state index contributed by atoms with van der Waals surface area (Å²) in [5, 5.41) is 0. The summed E-state index contributed by atoms with van der Waals surface area (Å²) in [5.74, 6) is 1.37. The number of benzene rings is 1. The lowest BCUT2D eigenvalue weighted by molar-refractivity contribution is 1.17. The summed E-state index contributed by atoms with van der Waals surface area (Å²) in [5.41, 5.74) is 5.92. The number of nitrogens with zero attached hydrogens (tertiary/aromatic N) is 6. The smallest absolute Gasteiger partial charge is 0.159 e. The molecule has 0 spiro atoms. The highest BCUT2D eigenvalue weighted by Gasteiger charge is 2.06.